The molecular formula is C11H16ClN3O2S. The Bertz CT molecular complexity index is 521. The van der Waals surface area contributed by atoms with Crippen LogP contribution in [0.25, 0.3) is 0 Å². The molecule has 1 aliphatic rings. The number of anilines is 1. The lowest BCUT2D eigenvalue weighted by atomic mass is 10.1. The van der Waals surface area contributed by atoms with E-state index < -0.39 is 10.0 Å². The van der Waals surface area contributed by atoms with Crippen LogP contribution in [0.3, 0.4) is 0 Å². The third kappa shape index (κ3) is 3.57. The second-order valence-electron chi connectivity index (χ2n) is 4.47. The minimum atomic E-state index is -3.10. The summed E-state index contributed by atoms with van der Waals surface area (Å²) in [5.74, 6) is 0. The number of hydrogen-bond acceptors (Lipinski definition) is 4. The van der Waals surface area contributed by atoms with Crippen molar-refractivity contribution in [3.8, 4) is 0 Å². The Morgan fingerprint density at radius 1 is 1.56 bits per heavy atom. The number of piperidine rings is 1. The predicted molar refractivity (Wildman–Crippen MR) is 72.3 cm³/mol. The fraction of sp³-hybridized carbons (Fsp3) is 0.545. The monoisotopic (exact) mass is 289 g/mol. The van der Waals surface area contributed by atoms with Gasteiger partial charge in [-0.1, -0.05) is 11.6 Å². The first-order valence-corrected chi connectivity index (χ1v) is 8.01. The van der Waals surface area contributed by atoms with Gasteiger partial charge in [0.15, 0.2) is 0 Å². The molecule has 1 atom stereocenters. The zero-order chi connectivity index (χ0) is 13.2. The van der Waals surface area contributed by atoms with Crippen LogP contribution in [0.1, 0.15) is 12.8 Å². The number of sulfonamides is 1. The molecule has 0 amide bonds. The zero-order valence-corrected chi connectivity index (χ0v) is 11.7. The molecule has 1 unspecified atom stereocenters. The highest BCUT2D eigenvalue weighted by atomic mass is 35.5. The number of aromatic nitrogens is 1. The molecule has 7 heteroatoms. The molecule has 2 rings (SSSR count). The van der Waals surface area contributed by atoms with Gasteiger partial charge in [0.1, 0.15) is 5.15 Å². The number of rotatable bonds is 3. The lowest BCUT2D eigenvalue weighted by Gasteiger charge is -2.31. The second kappa shape index (κ2) is 5.42. The van der Waals surface area contributed by atoms with E-state index in [1.54, 1.807) is 12.3 Å². The SMILES string of the molecule is CS(=O)(=O)N1CCCC(Nc2ccnc(Cl)c2)C1. The summed E-state index contributed by atoms with van der Waals surface area (Å²) in [4.78, 5) is 3.91. The van der Waals surface area contributed by atoms with Crippen LogP contribution in [0, 0.1) is 0 Å². The molecule has 1 aromatic heterocycles. The van der Waals surface area contributed by atoms with E-state index in [2.05, 4.69) is 10.3 Å². The molecule has 0 aromatic carbocycles. The van der Waals surface area contributed by atoms with Crippen LogP contribution in [0.5, 0.6) is 0 Å². The first-order chi connectivity index (χ1) is 8.45. The Balaban J connectivity index is 2.02. The fourth-order valence-corrected chi connectivity index (χ4v) is 3.17. The Morgan fingerprint density at radius 3 is 3.00 bits per heavy atom. The zero-order valence-electron chi connectivity index (χ0n) is 10.1. The van der Waals surface area contributed by atoms with Crippen molar-refractivity contribution in [1.29, 1.82) is 0 Å². The summed E-state index contributed by atoms with van der Waals surface area (Å²) in [5.41, 5.74) is 0.871. The van der Waals surface area contributed by atoms with Gasteiger partial charge >= 0.3 is 0 Å². The Labute approximate surface area is 112 Å². The van der Waals surface area contributed by atoms with E-state index >= 15 is 0 Å². The molecule has 2 heterocycles. The molecule has 0 aliphatic carbocycles. The standard InChI is InChI=1S/C11H16ClN3O2S/c1-18(16,17)15-6-2-3-10(8-15)14-9-4-5-13-11(12)7-9/h4-5,7,10H,2-3,6,8H2,1H3,(H,13,14). The van der Waals surface area contributed by atoms with Crippen LogP contribution in [-0.2, 0) is 10.0 Å². The quantitative estimate of drug-likeness (QED) is 0.858. The molecule has 1 aromatic rings. The van der Waals surface area contributed by atoms with Gasteiger partial charge in [-0.15, -0.1) is 0 Å². The molecule has 1 saturated heterocycles. The Morgan fingerprint density at radius 2 is 2.33 bits per heavy atom. The number of pyridine rings is 1. The molecule has 1 aliphatic heterocycles. The normalized spacial score (nSPS) is 21.8. The van der Waals surface area contributed by atoms with E-state index in [4.69, 9.17) is 11.6 Å². The van der Waals surface area contributed by atoms with Crippen molar-refractivity contribution in [3.63, 3.8) is 0 Å². The molecule has 0 saturated carbocycles. The smallest absolute Gasteiger partial charge is 0.211 e. The van der Waals surface area contributed by atoms with Crippen molar-refractivity contribution >= 4 is 27.3 Å². The Kier molecular flexibility index (Phi) is 4.09. The van der Waals surface area contributed by atoms with Gasteiger partial charge in [-0.2, -0.15) is 0 Å². The maximum absolute atomic E-state index is 11.5. The van der Waals surface area contributed by atoms with E-state index in [9.17, 15) is 8.42 Å². The van der Waals surface area contributed by atoms with Crippen molar-refractivity contribution in [3.05, 3.63) is 23.5 Å². The van der Waals surface area contributed by atoms with Crippen LogP contribution in [0.2, 0.25) is 5.15 Å². The first-order valence-electron chi connectivity index (χ1n) is 5.78. The summed E-state index contributed by atoms with van der Waals surface area (Å²) >= 11 is 5.81. The highest BCUT2D eigenvalue weighted by molar-refractivity contribution is 7.88. The van der Waals surface area contributed by atoms with Crippen LogP contribution in [0.4, 0.5) is 5.69 Å². The average molecular weight is 290 g/mol. The largest absolute Gasteiger partial charge is 0.381 e. The van der Waals surface area contributed by atoms with E-state index in [1.807, 2.05) is 6.07 Å². The van der Waals surface area contributed by atoms with Gasteiger partial charge in [0, 0.05) is 31.0 Å². The first kappa shape index (κ1) is 13.6. The minimum absolute atomic E-state index is 0.118. The highest BCUT2D eigenvalue weighted by Crippen LogP contribution is 2.19. The van der Waals surface area contributed by atoms with Crippen LogP contribution >= 0.6 is 11.6 Å². The van der Waals surface area contributed by atoms with Crippen LogP contribution in [0.15, 0.2) is 18.3 Å². The molecule has 0 bridgehead atoms. The van der Waals surface area contributed by atoms with Crippen molar-refractivity contribution in [1.82, 2.24) is 9.29 Å². The summed E-state index contributed by atoms with van der Waals surface area (Å²) in [6.07, 6.45) is 4.69. The lowest BCUT2D eigenvalue weighted by molar-refractivity contribution is 0.329. The third-order valence-electron chi connectivity index (χ3n) is 2.95. The third-order valence-corrected chi connectivity index (χ3v) is 4.43. The number of halogens is 1. The molecule has 0 spiro atoms. The van der Waals surface area contributed by atoms with Crippen LogP contribution in [-0.4, -0.2) is 43.1 Å². The highest BCUT2D eigenvalue weighted by Gasteiger charge is 2.25. The molecule has 100 valence electrons. The Hall–Kier alpha value is -0.850. The summed E-state index contributed by atoms with van der Waals surface area (Å²) in [6, 6.07) is 3.68. The minimum Gasteiger partial charge on any atom is -0.381 e. The number of nitrogens with zero attached hydrogens (tertiary/aromatic N) is 2. The molecule has 1 fully saturated rings. The van der Waals surface area contributed by atoms with E-state index in [0.717, 1.165) is 18.5 Å². The van der Waals surface area contributed by atoms with Crippen molar-refractivity contribution in [2.75, 3.05) is 24.7 Å². The summed E-state index contributed by atoms with van der Waals surface area (Å²) in [6.45, 7) is 1.10. The van der Waals surface area contributed by atoms with Gasteiger partial charge < -0.3 is 5.32 Å². The van der Waals surface area contributed by atoms with Crippen molar-refractivity contribution in [2.24, 2.45) is 0 Å². The molecule has 0 radical (unpaired) electrons. The topological polar surface area (TPSA) is 62.3 Å². The molecule has 18 heavy (non-hydrogen) atoms. The van der Waals surface area contributed by atoms with Gasteiger partial charge in [-0.3, -0.25) is 0 Å². The van der Waals surface area contributed by atoms with Crippen molar-refractivity contribution < 1.29 is 8.42 Å². The van der Waals surface area contributed by atoms with Crippen LogP contribution < -0.4 is 5.32 Å². The van der Waals surface area contributed by atoms with E-state index in [0.29, 0.717) is 18.2 Å². The van der Waals surface area contributed by atoms with Gasteiger partial charge in [-0.25, -0.2) is 17.7 Å². The molecular weight excluding hydrogens is 274 g/mol. The van der Waals surface area contributed by atoms with Gasteiger partial charge in [0.2, 0.25) is 10.0 Å². The molecule has 5 nitrogen and oxygen atoms in total. The number of hydrogen-bond donors (Lipinski definition) is 1. The van der Waals surface area contributed by atoms with Crippen molar-refractivity contribution in [2.45, 2.75) is 18.9 Å². The maximum atomic E-state index is 11.5. The number of nitrogens with one attached hydrogen (secondary N) is 1. The summed E-state index contributed by atoms with van der Waals surface area (Å²) < 4.78 is 24.5. The average Bonchev–Trinajstić information content (AvgIpc) is 2.28. The van der Waals surface area contributed by atoms with Gasteiger partial charge in [0.25, 0.3) is 0 Å². The predicted octanol–water partition coefficient (Wildman–Crippen LogP) is 1.57. The maximum Gasteiger partial charge on any atom is 0.211 e. The van der Waals surface area contributed by atoms with E-state index in [1.165, 1.54) is 10.6 Å². The summed E-state index contributed by atoms with van der Waals surface area (Å²) in [5, 5.41) is 3.72. The van der Waals surface area contributed by atoms with Gasteiger partial charge in [-0.05, 0) is 25.0 Å². The second-order valence-corrected chi connectivity index (χ2v) is 6.84. The lowest BCUT2D eigenvalue weighted by Crippen LogP contribution is -2.44. The summed E-state index contributed by atoms with van der Waals surface area (Å²) in [7, 11) is -3.10. The van der Waals surface area contributed by atoms with Gasteiger partial charge in [0.05, 0.1) is 6.26 Å². The fourth-order valence-electron chi connectivity index (χ4n) is 2.09. The molecule has 1 N–H and O–H groups in total. The van der Waals surface area contributed by atoms with E-state index in [-0.39, 0.29) is 6.04 Å².